The first-order valence-electron chi connectivity index (χ1n) is 8.33. The summed E-state index contributed by atoms with van der Waals surface area (Å²) < 4.78 is 5.18. The largest absolute Gasteiger partial charge is 0.504 e. The van der Waals surface area contributed by atoms with Crippen molar-refractivity contribution in [2.24, 2.45) is 5.92 Å². The second-order valence-corrected chi connectivity index (χ2v) is 6.84. The fourth-order valence-electron chi connectivity index (χ4n) is 2.72. The van der Waals surface area contributed by atoms with Gasteiger partial charge in [0.25, 0.3) is 0 Å². The average molecular weight is 348 g/mol. The third kappa shape index (κ3) is 5.43. The Balaban J connectivity index is 1.92. The van der Waals surface area contributed by atoms with Crippen LogP contribution < -0.4 is 10.1 Å². The van der Waals surface area contributed by atoms with Gasteiger partial charge in [0.1, 0.15) is 0 Å². The first-order chi connectivity index (χ1) is 11.5. The molecule has 0 aromatic heterocycles. The Bertz CT molecular complexity index is 641. The number of rotatable bonds is 8. The van der Waals surface area contributed by atoms with Gasteiger partial charge in [0.05, 0.1) is 7.11 Å². The van der Waals surface area contributed by atoms with Crippen LogP contribution in [0.1, 0.15) is 31.4 Å². The molecule has 1 unspecified atom stereocenters. The van der Waals surface area contributed by atoms with E-state index in [1.165, 1.54) is 11.1 Å². The van der Waals surface area contributed by atoms with Crippen LogP contribution in [0.3, 0.4) is 0 Å². The molecule has 0 saturated carbocycles. The molecule has 0 saturated heterocycles. The molecule has 4 heteroatoms. The predicted octanol–water partition coefficient (Wildman–Crippen LogP) is 4.80. The van der Waals surface area contributed by atoms with Crippen molar-refractivity contribution in [2.45, 2.75) is 39.3 Å². The summed E-state index contributed by atoms with van der Waals surface area (Å²) in [6, 6.07) is 13.9. The molecule has 0 aliphatic carbocycles. The van der Waals surface area contributed by atoms with Crippen molar-refractivity contribution in [3.63, 3.8) is 0 Å². The van der Waals surface area contributed by atoms with E-state index in [0.29, 0.717) is 17.7 Å². The maximum absolute atomic E-state index is 9.68. The number of nitrogens with one attached hydrogen (secondary N) is 1. The SMILES string of the molecule is COc1cc(CCC(NCc2ccc(Cl)cc2)C(C)C)ccc1O. The van der Waals surface area contributed by atoms with Crippen molar-refractivity contribution in [2.75, 3.05) is 7.11 Å². The normalized spacial score (nSPS) is 12.4. The topological polar surface area (TPSA) is 41.5 Å². The summed E-state index contributed by atoms with van der Waals surface area (Å²) in [6.07, 6.45) is 1.96. The van der Waals surface area contributed by atoms with E-state index in [0.717, 1.165) is 24.4 Å². The molecule has 1 atom stereocenters. The maximum Gasteiger partial charge on any atom is 0.160 e. The summed E-state index contributed by atoms with van der Waals surface area (Å²) in [5.41, 5.74) is 2.40. The Morgan fingerprint density at radius 3 is 2.38 bits per heavy atom. The number of phenols is 1. The molecule has 3 nitrogen and oxygen atoms in total. The van der Waals surface area contributed by atoms with E-state index < -0.39 is 0 Å². The van der Waals surface area contributed by atoms with Gasteiger partial charge in [0, 0.05) is 17.6 Å². The van der Waals surface area contributed by atoms with Crippen molar-refractivity contribution >= 4 is 11.6 Å². The molecule has 0 radical (unpaired) electrons. The van der Waals surface area contributed by atoms with Crippen LogP contribution >= 0.6 is 11.6 Å². The highest BCUT2D eigenvalue weighted by atomic mass is 35.5. The first kappa shape index (κ1) is 18.6. The molecule has 2 rings (SSSR count). The lowest BCUT2D eigenvalue weighted by atomic mass is 9.96. The molecular weight excluding hydrogens is 322 g/mol. The summed E-state index contributed by atoms with van der Waals surface area (Å²) in [4.78, 5) is 0. The molecule has 0 bridgehead atoms. The Morgan fingerprint density at radius 2 is 1.75 bits per heavy atom. The highest BCUT2D eigenvalue weighted by Crippen LogP contribution is 2.27. The second-order valence-electron chi connectivity index (χ2n) is 6.40. The number of benzene rings is 2. The van der Waals surface area contributed by atoms with E-state index in [9.17, 15) is 5.11 Å². The fourth-order valence-corrected chi connectivity index (χ4v) is 2.85. The molecular formula is C20H26ClNO2. The van der Waals surface area contributed by atoms with E-state index in [2.05, 4.69) is 31.3 Å². The Kier molecular flexibility index (Phi) is 6.95. The standard InChI is InChI=1S/C20H26ClNO2/c1-14(2)18(22-13-16-4-8-17(21)9-5-16)10-6-15-7-11-19(23)20(12-15)24-3/h4-5,7-9,11-12,14,18,22-23H,6,10,13H2,1-3H3. The van der Waals surface area contributed by atoms with Crippen molar-refractivity contribution < 1.29 is 9.84 Å². The lowest BCUT2D eigenvalue weighted by molar-refractivity contribution is 0.369. The van der Waals surface area contributed by atoms with Crippen LogP contribution in [0.5, 0.6) is 11.5 Å². The Labute approximate surface area is 149 Å². The van der Waals surface area contributed by atoms with E-state index in [1.54, 1.807) is 13.2 Å². The van der Waals surface area contributed by atoms with Crippen LogP contribution in [0.4, 0.5) is 0 Å². The van der Waals surface area contributed by atoms with Crippen LogP contribution in [0.25, 0.3) is 0 Å². The lowest BCUT2D eigenvalue weighted by Crippen LogP contribution is -2.33. The number of aromatic hydroxyl groups is 1. The molecule has 0 amide bonds. The van der Waals surface area contributed by atoms with E-state index >= 15 is 0 Å². The summed E-state index contributed by atoms with van der Waals surface area (Å²) in [5.74, 6) is 1.25. The molecule has 0 spiro atoms. The molecule has 0 aliphatic heterocycles. The quantitative estimate of drug-likeness (QED) is 0.720. The third-order valence-corrected chi connectivity index (χ3v) is 4.53. The third-order valence-electron chi connectivity index (χ3n) is 4.27. The molecule has 0 heterocycles. The van der Waals surface area contributed by atoms with E-state index in [1.807, 2.05) is 24.3 Å². The number of halogens is 1. The fraction of sp³-hybridized carbons (Fsp3) is 0.400. The van der Waals surface area contributed by atoms with Gasteiger partial charge in [0.2, 0.25) is 0 Å². The highest BCUT2D eigenvalue weighted by Gasteiger charge is 2.13. The van der Waals surface area contributed by atoms with Crippen LogP contribution in [-0.2, 0) is 13.0 Å². The van der Waals surface area contributed by atoms with Gasteiger partial charge in [-0.05, 0) is 54.2 Å². The average Bonchev–Trinajstić information content (AvgIpc) is 2.57. The number of phenolic OH excluding ortho intramolecular Hbond substituents is 1. The number of methoxy groups -OCH3 is 1. The Morgan fingerprint density at radius 1 is 1.08 bits per heavy atom. The predicted molar refractivity (Wildman–Crippen MR) is 99.9 cm³/mol. The van der Waals surface area contributed by atoms with E-state index in [-0.39, 0.29) is 5.75 Å². The minimum atomic E-state index is 0.183. The number of aryl methyl sites for hydroxylation is 1. The minimum Gasteiger partial charge on any atom is -0.504 e. The number of hydrogen-bond acceptors (Lipinski definition) is 3. The molecule has 2 aromatic rings. The van der Waals surface area contributed by atoms with Crippen LogP contribution in [0.2, 0.25) is 5.02 Å². The van der Waals surface area contributed by atoms with Gasteiger partial charge in [-0.1, -0.05) is 43.6 Å². The highest BCUT2D eigenvalue weighted by molar-refractivity contribution is 6.30. The number of hydrogen-bond donors (Lipinski definition) is 2. The summed E-state index contributed by atoms with van der Waals surface area (Å²) >= 11 is 5.93. The van der Waals surface area contributed by atoms with Gasteiger partial charge in [-0.3, -0.25) is 0 Å². The molecule has 0 aliphatic rings. The van der Waals surface area contributed by atoms with Gasteiger partial charge >= 0.3 is 0 Å². The van der Waals surface area contributed by atoms with Gasteiger partial charge < -0.3 is 15.2 Å². The molecule has 2 N–H and O–H groups in total. The van der Waals surface area contributed by atoms with Gasteiger partial charge in [0.15, 0.2) is 11.5 Å². The maximum atomic E-state index is 9.68. The monoisotopic (exact) mass is 347 g/mol. The molecule has 2 aromatic carbocycles. The van der Waals surface area contributed by atoms with Crippen LogP contribution in [0, 0.1) is 5.92 Å². The first-order valence-corrected chi connectivity index (χ1v) is 8.71. The van der Waals surface area contributed by atoms with Crippen molar-refractivity contribution in [1.29, 1.82) is 0 Å². The van der Waals surface area contributed by atoms with Gasteiger partial charge in [-0.2, -0.15) is 0 Å². The smallest absolute Gasteiger partial charge is 0.160 e. The minimum absolute atomic E-state index is 0.183. The zero-order valence-corrected chi connectivity index (χ0v) is 15.3. The zero-order chi connectivity index (χ0) is 17.5. The second kappa shape index (κ2) is 8.95. The van der Waals surface area contributed by atoms with Crippen LogP contribution in [0.15, 0.2) is 42.5 Å². The van der Waals surface area contributed by atoms with Crippen molar-refractivity contribution in [3.8, 4) is 11.5 Å². The summed E-state index contributed by atoms with van der Waals surface area (Å²) in [5, 5.41) is 14.1. The number of ether oxygens (including phenoxy) is 1. The van der Waals surface area contributed by atoms with Gasteiger partial charge in [-0.25, -0.2) is 0 Å². The summed E-state index contributed by atoms with van der Waals surface area (Å²) in [7, 11) is 1.57. The summed E-state index contributed by atoms with van der Waals surface area (Å²) in [6.45, 7) is 5.30. The van der Waals surface area contributed by atoms with E-state index in [4.69, 9.17) is 16.3 Å². The lowest BCUT2D eigenvalue weighted by Gasteiger charge is -2.23. The van der Waals surface area contributed by atoms with Crippen molar-refractivity contribution in [1.82, 2.24) is 5.32 Å². The molecule has 130 valence electrons. The molecule has 0 fully saturated rings. The molecule has 24 heavy (non-hydrogen) atoms. The van der Waals surface area contributed by atoms with Crippen LogP contribution in [-0.4, -0.2) is 18.3 Å². The van der Waals surface area contributed by atoms with Crippen molar-refractivity contribution in [3.05, 3.63) is 58.6 Å². The Hall–Kier alpha value is -1.71. The van der Waals surface area contributed by atoms with Gasteiger partial charge in [-0.15, -0.1) is 0 Å². The zero-order valence-electron chi connectivity index (χ0n) is 14.6.